The van der Waals surface area contributed by atoms with Gasteiger partial charge < -0.3 is 29.9 Å². The van der Waals surface area contributed by atoms with Gasteiger partial charge in [0.05, 0.1) is 6.61 Å². The summed E-state index contributed by atoms with van der Waals surface area (Å²) >= 11 is 0. The summed E-state index contributed by atoms with van der Waals surface area (Å²) in [6, 6.07) is 1.11. The number of aromatic nitrogens is 2. The number of aliphatic hydroxyl groups is 4. The van der Waals surface area contributed by atoms with Crippen LogP contribution in [0.2, 0.25) is 0 Å². The lowest BCUT2D eigenvalue weighted by Gasteiger charge is -2.39. The van der Waals surface area contributed by atoms with E-state index in [1.54, 1.807) is 0 Å². The van der Waals surface area contributed by atoms with Crippen molar-refractivity contribution in [3.8, 4) is 0 Å². The molecule has 0 aromatic carbocycles. The Morgan fingerprint density at radius 3 is 2.57 bits per heavy atom. The summed E-state index contributed by atoms with van der Waals surface area (Å²) in [4.78, 5) is 24.3. The van der Waals surface area contributed by atoms with Crippen LogP contribution in [-0.2, 0) is 16.2 Å². The van der Waals surface area contributed by atoms with E-state index in [1.807, 2.05) is 4.98 Å². The normalized spacial score (nSPS) is 33.0. The van der Waals surface area contributed by atoms with Crippen LogP contribution in [0, 0.1) is 0 Å². The van der Waals surface area contributed by atoms with Crippen LogP contribution in [-0.4, -0.2) is 67.3 Å². The van der Waals surface area contributed by atoms with Gasteiger partial charge in [-0.3, -0.25) is 14.3 Å². The Balaban J connectivity index is 2.05. The molecule has 0 bridgehead atoms. The third-order valence-electron chi connectivity index (χ3n) is 3.12. The maximum absolute atomic E-state index is 11.4. The molecule has 1 fully saturated rings. The Bertz CT molecular complexity index is 582. The van der Waals surface area contributed by atoms with Crippen molar-refractivity contribution < 1.29 is 29.9 Å². The van der Waals surface area contributed by atoms with Gasteiger partial charge in [-0.2, -0.15) is 0 Å². The van der Waals surface area contributed by atoms with Crippen molar-refractivity contribution in [1.82, 2.24) is 9.55 Å². The van der Waals surface area contributed by atoms with Crippen molar-refractivity contribution in [1.29, 1.82) is 0 Å². The second-order valence-corrected chi connectivity index (χ2v) is 4.57. The summed E-state index contributed by atoms with van der Waals surface area (Å²) in [7, 11) is 0. The molecule has 2 heterocycles. The zero-order chi connectivity index (χ0) is 15.6. The molecule has 21 heavy (non-hydrogen) atoms. The first-order valence-corrected chi connectivity index (χ1v) is 6.16. The van der Waals surface area contributed by atoms with Gasteiger partial charge in [-0.1, -0.05) is 0 Å². The molecule has 0 saturated carbocycles. The van der Waals surface area contributed by atoms with Gasteiger partial charge in [-0.15, -0.1) is 0 Å². The molecule has 5 N–H and O–H groups in total. The Hall–Kier alpha value is -1.56. The first kappa shape index (κ1) is 15.8. The smallest absolute Gasteiger partial charge is 0.330 e. The number of nitrogens with one attached hydrogen (secondary N) is 1. The maximum Gasteiger partial charge on any atom is 0.330 e. The summed E-state index contributed by atoms with van der Waals surface area (Å²) in [5.41, 5.74) is -1.28. The van der Waals surface area contributed by atoms with E-state index >= 15 is 0 Å². The second kappa shape index (κ2) is 6.47. The van der Waals surface area contributed by atoms with Crippen molar-refractivity contribution in [2.45, 2.75) is 37.4 Å². The zero-order valence-electron chi connectivity index (χ0n) is 10.8. The van der Waals surface area contributed by atoms with E-state index in [0.717, 1.165) is 10.6 Å². The van der Waals surface area contributed by atoms with Gasteiger partial charge in [0.1, 0.15) is 31.1 Å². The second-order valence-electron chi connectivity index (χ2n) is 4.57. The molecule has 0 spiro atoms. The molecule has 0 aliphatic carbocycles. The van der Waals surface area contributed by atoms with Crippen LogP contribution >= 0.6 is 0 Å². The zero-order valence-corrected chi connectivity index (χ0v) is 10.8. The third kappa shape index (κ3) is 3.37. The van der Waals surface area contributed by atoms with E-state index in [4.69, 9.17) is 14.6 Å². The van der Waals surface area contributed by atoms with Gasteiger partial charge in [0.25, 0.3) is 5.56 Å². The fraction of sp³-hybridized carbons (Fsp3) is 0.636. The molecule has 1 aliphatic rings. The van der Waals surface area contributed by atoms with Crippen LogP contribution in [0.3, 0.4) is 0 Å². The molecule has 1 aliphatic heterocycles. The first-order chi connectivity index (χ1) is 9.93. The lowest BCUT2D eigenvalue weighted by atomic mass is 9.99. The fourth-order valence-corrected chi connectivity index (χ4v) is 1.90. The lowest BCUT2D eigenvalue weighted by molar-refractivity contribution is -0.308. The molecular weight excluding hydrogens is 288 g/mol. The number of aliphatic hydroxyl groups excluding tert-OH is 4. The highest BCUT2D eigenvalue weighted by molar-refractivity contribution is 4.89. The number of aromatic amines is 1. The quantitative estimate of drug-likeness (QED) is 0.381. The molecule has 0 amide bonds. The number of nitrogens with zero attached hydrogens (tertiary/aromatic N) is 1. The molecule has 0 radical (unpaired) electrons. The monoisotopic (exact) mass is 304 g/mol. The van der Waals surface area contributed by atoms with E-state index in [0.29, 0.717) is 0 Å². The van der Waals surface area contributed by atoms with Gasteiger partial charge in [0.15, 0.2) is 6.29 Å². The van der Waals surface area contributed by atoms with Crippen LogP contribution < -0.4 is 11.2 Å². The number of hydrogen-bond acceptors (Lipinski definition) is 8. The number of H-pyrrole nitrogens is 1. The van der Waals surface area contributed by atoms with Crippen molar-refractivity contribution in [3.63, 3.8) is 0 Å². The van der Waals surface area contributed by atoms with Gasteiger partial charge in [0.2, 0.25) is 0 Å². The minimum absolute atomic E-state index is 0.363. The average molecular weight is 304 g/mol. The summed E-state index contributed by atoms with van der Waals surface area (Å²) in [6.07, 6.45) is -5.86. The highest BCUT2D eigenvalue weighted by Crippen LogP contribution is 2.21. The van der Waals surface area contributed by atoms with Crippen LogP contribution in [0.15, 0.2) is 21.9 Å². The molecule has 118 valence electrons. The molecule has 2 rings (SSSR count). The van der Waals surface area contributed by atoms with E-state index < -0.39 is 48.6 Å². The Morgan fingerprint density at radius 2 is 1.95 bits per heavy atom. The SMILES string of the molecule is O=c1ccn(CO[C@@H]2O[C@H](CO)[C@@H](O)[C@H](O)[C@H]2O)c(=O)[nH]1. The number of rotatable bonds is 4. The Labute approximate surface area is 117 Å². The predicted octanol–water partition coefficient (Wildman–Crippen LogP) is -3.69. The van der Waals surface area contributed by atoms with Gasteiger partial charge in [0, 0.05) is 12.3 Å². The van der Waals surface area contributed by atoms with Crippen molar-refractivity contribution in [2.24, 2.45) is 0 Å². The van der Waals surface area contributed by atoms with E-state index in [2.05, 4.69) is 0 Å². The highest BCUT2D eigenvalue weighted by Gasteiger charge is 2.44. The molecule has 10 nitrogen and oxygen atoms in total. The molecule has 1 aromatic heterocycles. The molecule has 0 unspecified atom stereocenters. The van der Waals surface area contributed by atoms with Crippen molar-refractivity contribution in [3.05, 3.63) is 33.1 Å². The Kier molecular flexibility index (Phi) is 4.88. The molecule has 1 aromatic rings. The maximum atomic E-state index is 11.4. The summed E-state index contributed by atoms with van der Waals surface area (Å²) < 4.78 is 11.2. The topological polar surface area (TPSA) is 154 Å². The minimum atomic E-state index is -1.56. The first-order valence-electron chi connectivity index (χ1n) is 6.16. The van der Waals surface area contributed by atoms with Crippen molar-refractivity contribution >= 4 is 0 Å². The van der Waals surface area contributed by atoms with Gasteiger partial charge >= 0.3 is 5.69 Å². The summed E-state index contributed by atoms with van der Waals surface area (Å²) in [5, 5.41) is 37.9. The molecule has 5 atom stereocenters. The van der Waals surface area contributed by atoms with E-state index in [9.17, 15) is 24.9 Å². The lowest BCUT2D eigenvalue weighted by Crippen LogP contribution is -2.59. The molecule has 1 saturated heterocycles. The number of ether oxygens (including phenoxy) is 2. The third-order valence-corrected chi connectivity index (χ3v) is 3.12. The fourth-order valence-electron chi connectivity index (χ4n) is 1.90. The van der Waals surface area contributed by atoms with Crippen molar-refractivity contribution in [2.75, 3.05) is 6.61 Å². The van der Waals surface area contributed by atoms with Crippen LogP contribution in [0.5, 0.6) is 0 Å². The average Bonchev–Trinajstić information content (AvgIpc) is 2.46. The predicted molar refractivity (Wildman–Crippen MR) is 66.2 cm³/mol. The van der Waals surface area contributed by atoms with Gasteiger partial charge in [-0.05, 0) is 0 Å². The van der Waals surface area contributed by atoms with Crippen LogP contribution in [0.1, 0.15) is 0 Å². The number of hydrogen-bond donors (Lipinski definition) is 5. The van der Waals surface area contributed by atoms with Crippen LogP contribution in [0.4, 0.5) is 0 Å². The largest absolute Gasteiger partial charge is 0.394 e. The minimum Gasteiger partial charge on any atom is -0.394 e. The highest BCUT2D eigenvalue weighted by atomic mass is 16.7. The molecular formula is C11H16N2O8. The van der Waals surface area contributed by atoms with Gasteiger partial charge in [-0.25, -0.2) is 4.79 Å². The van der Waals surface area contributed by atoms with E-state index in [-0.39, 0.29) is 6.73 Å². The molecule has 10 heteroatoms. The summed E-state index contributed by atoms with van der Waals surface area (Å²) in [6.45, 7) is -0.943. The Morgan fingerprint density at radius 1 is 1.24 bits per heavy atom. The summed E-state index contributed by atoms with van der Waals surface area (Å²) in [5.74, 6) is 0. The van der Waals surface area contributed by atoms with Crippen LogP contribution in [0.25, 0.3) is 0 Å². The van der Waals surface area contributed by atoms with E-state index in [1.165, 1.54) is 6.20 Å². The standard InChI is InChI=1S/C11H16N2O8/c14-3-5-7(16)8(17)9(18)10(21-5)20-4-13-2-1-6(15)12-11(13)19/h1-2,5,7-10,14,16-18H,3-4H2,(H,12,15,19)/t5-,7-,8+,9-,10-/m1/s1.